The minimum Gasteiger partial charge on any atom is -0.444 e. The van der Waals surface area contributed by atoms with Crippen molar-refractivity contribution < 1.29 is 23.1 Å². The van der Waals surface area contributed by atoms with E-state index < -0.39 is 17.4 Å². The average Bonchev–Trinajstić information content (AvgIpc) is 3.04. The number of aryl methyl sites for hydroxylation is 1. The number of amides is 2. The number of rotatable bonds is 5. The second-order valence-corrected chi connectivity index (χ2v) is 10.8. The van der Waals surface area contributed by atoms with E-state index in [0.717, 1.165) is 5.56 Å². The molecule has 0 N–H and O–H groups in total. The largest absolute Gasteiger partial charge is 0.444 e. The molecule has 2 aromatic heterocycles. The number of likely N-dealkylation sites (tertiary alicyclic amines) is 1. The van der Waals surface area contributed by atoms with Gasteiger partial charge in [0.1, 0.15) is 22.8 Å². The van der Waals surface area contributed by atoms with Crippen molar-refractivity contribution in [3.8, 4) is 11.1 Å². The third kappa shape index (κ3) is 5.17. The summed E-state index contributed by atoms with van der Waals surface area (Å²) >= 11 is 0. The van der Waals surface area contributed by atoms with Crippen LogP contribution >= 0.6 is 0 Å². The molecule has 0 bridgehead atoms. The summed E-state index contributed by atoms with van der Waals surface area (Å²) in [4.78, 5) is 33.2. The van der Waals surface area contributed by atoms with Crippen molar-refractivity contribution in [2.75, 3.05) is 19.6 Å². The Kier molecular flexibility index (Phi) is 7.01. The Morgan fingerprint density at radius 2 is 1.84 bits per heavy atom. The molecule has 1 aromatic carbocycles. The smallest absolute Gasteiger partial charge is 0.410 e. The number of hydrogen-bond acceptors (Lipinski definition) is 4. The summed E-state index contributed by atoms with van der Waals surface area (Å²) in [6.07, 6.45) is 1.44. The van der Waals surface area contributed by atoms with Crippen LogP contribution in [0.3, 0.4) is 0 Å². The average molecular weight is 513 g/mol. The van der Waals surface area contributed by atoms with Gasteiger partial charge < -0.3 is 18.9 Å². The van der Waals surface area contributed by atoms with E-state index in [1.54, 1.807) is 21.1 Å². The van der Waals surface area contributed by atoms with Crippen molar-refractivity contribution in [3.05, 3.63) is 59.2 Å². The maximum atomic E-state index is 15.1. The fourth-order valence-corrected chi connectivity index (χ4v) is 4.75. The van der Waals surface area contributed by atoms with Crippen molar-refractivity contribution in [2.45, 2.75) is 66.0 Å². The monoisotopic (exact) mass is 512 g/mol. The van der Waals surface area contributed by atoms with Gasteiger partial charge in [0.25, 0.3) is 5.91 Å². The van der Waals surface area contributed by atoms with Crippen LogP contribution in [0, 0.1) is 18.7 Å². The van der Waals surface area contributed by atoms with Gasteiger partial charge in [0.2, 0.25) is 5.95 Å². The lowest BCUT2D eigenvalue weighted by molar-refractivity contribution is 0.00815. The van der Waals surface area contributed by atoms with Crippen LogP contribution in [0.25, 0.3) is 16.6 Å². The zero-order valence-electron chi connectivity index (χ0n) is 22.4. The fraction of sp³-hybridized carbons (Fsp3) is 0.464. The van der Waals surface area contributed by atoms with Gasteiger partial charge in [-0.15, -0.1) is 0 Å². The Morgan fingerprint density at radius 1 is 1.16 bits per heavy atom. The van der Waals surface area contributed by atoms with Crippen LogP contribution in [0.1, 0.15) is 69.2 Å². The number of pyridine rings is 1. The van der Waals surface area contributed by atoms with E-state index in [-0.39, 0.29) is 35.0 Å². The first-order valence-corrected chi connectivity index (χ1v) is 12.6. The Labute approximate surface area is 216 Å². The summed E-state index contributed by atoms with van der Waals surface area (Å²) in [5, 5.41) is 0. The molecule has 7 nitrogen and oxygen atoms in total. The highest BCUT2D eigenvalue weighted by Gasteiger charge is 2.35. The number of aromatic nitrogens is 2. The van der Waals surface area contributed by atoms with Crippen LogP contribution in [0.4, 0.5) is 13.6 Å². The predicted molar refractivity (Wildman–Crippen MR) is 138 cm³/mol. The van der Waals surface area contributed by atoms with Crippen molar-refractivity contribution in [1.82, 2.24) is 19.2 Å². The van der Waals surface area contributed by atoms with E-state index >= 15 is 4.39 Å². The molecule has 0 unspecified atom stereocenters. The minimum absolute atomic E-state index is 0.0112. The van der Waals surface area contributed by atoms with Gasteiger partial charge in [0.05, 0.1) is 5.56 Å². The molecule has 1 aliphatic heterocycles. The van der Waals surface area contributed by atoms with Crippen molar-refractivity contribution in [3.63, 3.8) is 0 Å². The standard InChI is InChI=1S/C28H34F2N4O3/c1-8-33(16(2)3)26(35)23-12-20(29)9-10-21(23)22-11-18(15-34-17(4)31-25(30)24(22)34)19-13-32(14-19)27(36)37-28(5,6)7/h9-12,15-16,19H,8,13-14H2,1-7H3. The van der Waals surface area contributed by atoms with E-state index in [9.17, 15) is 14.0 Å². The van der Waals surface area contributed by atoms with Gasteiger partial charge in [-0.05, 0) is 77.8 Å². The van der Waals surface area contributed by atoms with E-state index in [4.69, 9.17) is 4.74 Å². The maximum Gasteiger partial charge on any atom is 0.410 e. The lowest BCUT2D eigenvalue weighted by Gasteiger charge is -2.40. The van der Waals surface area contributed by atoms with Crippen LogP contribution in [-0.2, 0) is 4.74 Å². The molecule has 0 spiro atoms. The molecule has 1 fully saturated rings. The summed E-state index contributed by atoms with van der Waals surface area (Å²) in [6, 6.07) is 5.73. The summed E-state index contributed by atoms with van der Waals surface area (Å²) in [5.74, 6) is -1.10. The van der Waals surface area contributed by atoms with Gasteiger partial charge in [-0.3, -0.25) is 4.79 Å². The molecule has 1 saturated heterocycles. The van der Waals surface area contributed by atoms with Crippen LogP contribution in [0.2, 0.25) is 0 Å². The maximum absolute atomic E-state index is 15.1. The lowest BCUT2D eigenvalue weighted by atomic mass is 9.89. The topological polar surface area (TPSA) is 67.2 Å². The van der Waals surface area contributed by atoms with Gasteiger partial charge in [0.15, 0.2) is 0 Å². The van der Waals surface area contributed by atoms with E-state index in [2.05, 4.69) is 4.98 Å². The first-order valence-electron chi connectivity index (χ1n) is 12.6. The number of imidazole rings is 1. The number of halogens is 2. The Balaban J connectivity index is 1.80. The Morgan fingerprint density at radius 3 is 2.43 bits per heavy atom. The molecule has 3 aromatic rings. The molecule has 9 heteroatoms. The van der Waals surface area contributed by atoms with Crippen LogP contribution in [0.5, 0.6) is 0 Å². The predicted octanol–water partition coefficient (Wildman–Crippen LogP) is 5.79. The molecular formula is C28H34F2N4O3. The normalized spacial score (nSPS) is 14.3. The highest BCUT2D eigenvalue weighted by molar-refractivity contribution is 6.03. The quantitative estimate of drug-likeness (QED) is 0.434. The summed E-state index contributed by atoms with van der Waals surface area (Å²) in [7, 11) is 0. The molecule has 0 radical (unpaired) electrons. The molecule has 2 amide bonds. The summed E-state index contributed by atoms with van der Waals surface area (Å²) in [6.45, 7) is 14.2. The molecule has 0 saturated carbocycles. The minimum atomic E-state index is -0.665. The Bertz CT molecular complexity index is 1350. The molecule has 1 aliphatic rings. The number of ether oxygens (including phenoxy) is 1. The summed E-state index contributed by atoms with van der Waals surface area (Å²) in [5.41, 5.74) is 1.54. The number of carbonyl (C=O) groups excluding carboxylic acids is 2. The van der Waals surface area contributed by atoms with E-state index in [1.807, 2.05) is 53.8 Å². The second kappa shape index (κ2) is 9.76. The molecule has 0 aliphatic carbocycles. The van der Waals surface area contributed by atoms with E-state index in [1.165, 1.54) is 18.2 Å². The van der Waals surface area contributed by atoms with Crippen LogP contribution < -0.4 is 0 Å². The van der Waals surface area contributed by atoms with Gasteiger partial charge in [-0.2, -0.15) is 4.39 Å². The Hall–Kier alpha value is -3.49. The third-order valence-corrected chi connectivity index (χ3v) is 6.62. The zero-order chi connectivity index (χ0) is 27.2. The molecule has 3 heterocycles. The highest BCUT2D eigenvalue weighted by atomic mass is 19.1. The van der Waals surface area contributed by atoms with E-state index in [0.29, 0.717) is 36.6 Å². The number of nitrogens with zero attached hydrogens (tertiary/aromatic N) is 4. The first-order chi connectivity index (χ1) is 17.3. The molecule has 198 valence electrons. The van der Waals surface area contributed by atoms with Gasteiger partial charge in [-0.25, -0.2) is 14.2 Å². The molecule has 37 heavy (non-hydrogen) atoms. The molecular weight excluding hydrogens is 478 g/mol. The SMILES string of the molecule is CCN(C(=O)c1cc(F)ccc1-c1cc(C2CN(C(=O)OC(C)(C)C)C2)cn2c(C)nc(F)c12)C(C)C. The van der Waals surface area contributed by atoms with Gasteiger partial charge in [-0.1, -0.05) is 6.07 Å². The third-order valence-electron chi connectivity index (χ3n) is 6.62. The summed E-state index contributed by atoms with van der Waals surface area (Å²) < 4.78 is 36.6. The number of hydrogen-bond donors (Lipinski definition) is 0. The fourth-order valence-electron chi connectivity index (χ4n) is 4.75. The highest BCUT2D eigenvalue weighted by Crippen LogP contribution is 2.36. The second-order valence-electron chi connectivity index (χ2n) is 10.8. The number of benzene rings is 1. The van der Waals surface area contributed by atoms with Crippen molar-refractivity contribution >= 4 is 17.5 Å². The van der Waals surface area contributed by atoms with Crippen LogP contribution in [0.15, 0.2) is 30.5 Å². The van der Waals surface area contributed by atoms with Gasteiger partial charge >= 0.3 is 6.09 Å². The molecule has 0 atom stereocenters. The number of fused-ring (bicyclic) bond motifs is 1. The van der Waals surface area contributed by atoms with Crippen LogP contribution in [-0.4, -0.2) is 62.5 Å². The van der Waals surface area contributed by atoms with Gasteiger partial charge in [0, 0.05) is 43.4 Å². The molecule has 4 rings (SSSR count). The van der Waals surface area contributed by atoms with Crippen molar-refractivity contribution in [2.24, 2.45) is 0 Å². The van der Waals surface area contributed by atoms with Crippen molar-refractivity contribution in [1.29, 1.82) is 0 Å². The number of carbonyl (C=O) groups is 2. The zero-order valence-corrected chi connectivity index (χ0v) is 22.4. The first kappa shape index (κ1) is 26.6. The lowest BCUT2D eigenvalue weighted by Crippen LogP contribution is -2.50.